The second kappa shape index (κ2) is 7.11. The molecule has 0 aliphatic rings. The molecule has 0 radical (unpaired) electrons. The van der Waals surface area contributed by atoms with Gasteiger partial charge in [-0.25, -0.2) is 4.79 Å². The molecule has 0 aliphatic carbocycles. The fraction of sp³-hybridized carbons (Fsp3) is 0.462. The zero-order chi connectivity index (χ0) is 12.9. The molecule has 1 amide bonds. The van der Waals surface area contributed by atoms with Crippen LogP contribution in [-0.4, -0.2) is 18.8 Å². The van der Waals surface area contributed by atoms with E-state index in [4.69, 9.17) is 9.47 Å². The van der Waals surface area contributed by atoms with E-state index in [0.29, 0.717) is 6.54 Å². The lowest BCUT2D eigenvalue weighted by Crippen LogP contribution is -2.32. The van der Waals surface area contributed by atoms with Crippen LogP contribution in [0.2, 0.25) is 0 Å². The number of rotatable bonds is 3. The molecule has 0 heterocycles. The Morgan fingerprint density at radius 3 is 2.44 bits per heavy atom. The van der Waals surface area contributed by atoms with Gasteiger partial charge < -0.3 is 14.8 Å². The van der Waals surface area contributed by atoms with Crippen molar-refractivity contribution in [1.29, 1.82) is 0 Å². The van der Waals surface area contributed by atoms with Crippen molar-refractivity contribution in [3.63, 3.8) is 0 Å². The van der Waals surface area contributed by atoms with Crippen LogP contribution in [0.25, 0.3) is 0 Å². The molecule has 1 aromatic rings. The molecule has 0 bridgehead atoms. The Balaban J connectivity index is 0.00000289. The van der Waals surface area contributed by atoms with Gasteiger partial charge in [-0.2, -0.15) is 0 Å². The maximum atomic E-state index is 11.5. The standard InChI is InChI=1S/C13H19NO3.ClH/c1-13(2,3)17-12(15)14-9-10-7-5-6-8-11(10)16-4;/h5-8H,9H2,1-4H3,(H,14,15);1H. The molecule has 102 valence electrons. The Morgan fingerprint density at radius 2 is 1.89 bits per heavy atom. The fourth-order valence-electron chi connectivity index (χ4n) is 1.33. The highest BCUT2D eigenvalue weighted by molar-refractivity contribution is 5.85. The van der Waals surface area contributed by atoms with Crippen LogP contribution in [0.4, 0.5) is 4.79 Å². The van der Waals surface area contributed by atoms with Crippen LogP contribution in [0.3, 0.4) is 0 Å². The van der Waals surface area contributed by atoms with Crippen molar-refractivity contribution < 1.29 is 14.3 Å². The molecule has 0 saturated heterocycles. The van der Waals surface area contributed by atoms with E-state index < -0.39 is 11.7 Å². The van der Waals surface area contributed by atoms with Crippen LogP contribution in [0, 0.1) is 0 Å². The number of amides is 1. The highest BCUT2D eigenvalue weighted by Gasteiger charge is 2.16. The number of halogens is 1. The van der Waals surface area contributed by atoms with Gasteiger partial charge in [-0.15, -0.1) is 12.4 Å². The molecule has 0 atom stereocenters. The molecule has 5 heteroatoms. The summed E-state index contributed by atoms with van der Waals surface area (Å²) in [6.45, 7) is 5.87. The number of methoxy groups -OCH3 is 1. The van der Waals surface area contributed by atoms with Gasteiger partial charge in [-0.3, -0.25) is 0 Å². The number of alkyl carbamates (subject to hydrolysis) is 1. The number of ether oxygens (including phenoxy) is 2. The lowest BCUT2D eigenvalue weighted by atomic mass is 10.2. The second-order valence-electron chi connectivity index (χ2n) is 4.67. The summed E-state index contributed by atoms with van der Waals surface area (Å²) in [4.78, 5) is 11.5. The monoisotopic (exact) mass is 273 g/mol. The molecule has 0 aliphatic heterocycles. The zero-order valence-corrected chi connectivity index (χ0v) is 12.0. The van der Waals surface area contributed by atoms with Gasteiger partial charge in [-0.1, -0.05) is 18.2 Å². The predicted molar refractivity (Wildman–Crippen MR) is 73.3 cm³/mol. The molecular formula is C13H20ClNO3. The average Bonchev–Trinajstić information content (AvgIpc) is 2.24. The first-order chi connectivity index (χ1) is 7.92. The Hall–Kier alpha value is -1.42. The van der Waals surface area contributed by atoms with Crippen molar-refractivity contribution in [3.8, 4) is 5.75 Å². The summed E-state index contributed by atoms with van der Waals surface area (Å²) in [6, 6.07) is 7.53. The van der Waals surface area contributed by atoms with Gasteiger partial charge in [0.25, 0.3) is 0 Å². The van der Waals surface area contributed by atoms with Gasteiger partial charge in [0.2, 0.25) is 0 Å². The van der Waals surface area contributed by atoms with Crippen LogP contribution in [0.1, 0.15) is 26.3 Å². The number of carbonyl (C=O) groups is 1. The van der Waals surface area contributed by atoms with Gasteiger partial charge in [0, 0.05) is 12.1 Å². The Bertz CT molecular complexity index is 388. The lowest BCUT2D eigenvalue weighted by molar-refractivity contribution is 0.0523. The Morgan fingerprint density at radius 1 is 1.28 bits per heavy atom. The topological polar surface area (TPSA) is 47.6 Å². The molecule has 0 fully saturated rings. The van der Waals surface area contributed by atoms with E-state index in [1.165, 1.54) is 0 Å². The van der Waals surface area contributed by atoms with Crippen molar-refractivity contribution in [1.82, 2.24) is 5.32 Å². The molecule has 0 saturated carbocycles. The maximum Gasteiger partial charge on any atom is 0.407 e. The lowest BCUT2D eigenvalue weighted by Gasteiger charge is -2.19. The highest BCUT2D eigenvalue weighted by atomic mass is 35.5. The van der Waals surface area contributed by atoms with E-state index >= 15 is 0 Å². The van der Waals surface area contributed by atoms with E-state index in [0.717, 1.165) is 11.3 Å². The SMILES string of the molecule is COc1ccccc1CNC(=O)OC(C)(C)C.Cl. The van der Waals surface area contributed by atoms with Gasteiger partial charge in [0.15, 0.2) is 0 Å². The number of carbonyl (C=O) groups excluding carboxylic acids is 1. The average molecular weight is 274 g/mol. The minimum atomic E-state index is -0.481. The smallest absolute Gasteiger partial charge is 0.407 e. The number of benzene rings is 1. The molecule has 18 heavy (non-hydrogen) atoms. The molecule has 0 spiro atoms. The quantitative estimate of drug-likeness (QED) is 0.920. The number of nitrogens with one attached hydrogen (secondary N) is 1. The third kappa shape index (κ3) is 5.77. The molecule has 0 unspecified atom stereocenters. The van der Waals surface area contributed by atoms with E-state index in [2.05, 4.69) is 5.32 Å². The van der Waals surface area contributed by atoms with Crippen molar-refractivity contribution >= 4 is 18.5 Å². The first-order valence-corrected chi connectivity index (χ1v) is 5.51. The third-order valence-electron chi connectivity index (χ3n) is 2.01. The van der Waals surface area contributed by atoms with Crippen molar-refractivity contribution in [2.24, 2.45) is 0 Å². The predicted octanol–water partition coefficient (Wildman–Crippen LogP) is 3.14. The van der Waals surface area contributed by atoms with Crippen LogP contribution < -0.4 is 10.1 Å². The van der Waals surface area contributed by atoms with Crippen molar-refractivity contribution in [2.45, 2.75) is 32.9 Å². The van der Waals surface area contributed by atoms with Crippen LogP contribution in [0.15, 0.2) is 24.3 Å². The van der Waals surface area contributed by atoms with E-state index in [-0.39, 0.29) is 12.4 Å². The first kappa shape index (κ1) is 16.6. The van der Waals surface area contributed by atoms with Gasteiger partial charge in [-0.05, 0) is 26.8 Å². The molecule has 1 N–H and O–H groups in total. The summed E-state index contributed by atoms with van der Waals surface area (Å²) in [5.41, 5.74) is 0.436. The number of hydrogen-bond donors (Lipinski definition) is 1. The maximum absolute atomic E-state index is 11.5. The largest absolute Gasteiger partial charge is 0.496 e. The summed E-state index contributed by atoms with van der Waals surface area (Å²) in [6.07, 6.45) is -0.427. The normalized spacial score (nSPS) is 10.2. The van der Waals surface area contributed by atoms with Gasteiger partial charge >= 0.3 is 6.09 Å². The Labute approximate surface area is 114 Å². The van der Waals surface area contributed by atoms with Crippen LogP contribution >= 0.6 is 12.4 Å². The van der Waals surface area contributed by atoms with Crippen LogP contribution in [0.5, 0.6) is 5.75 Å². The Kier molecular flexibility index (Phi) is 6.55. The van der Waals surface area contributed by atoms with E-state index in [9.17, 15) is 4.79 Å². The minimum Gasteiger partial charge on any atom is -0.496 e. The molecule has 4 nitrogen and oxygen atoms in total. The third-order valence-corrected chi connectivity index (χ3v) is 2.01. The molecule has 0 aromatic heterocycles. The summed E-state index contributed by atoms with van der Waals surface area (Å²) in [5, 5.41) is 2.69. The molecule has 1 rings (SSSR count). The van der Waals surface area contributed by atoms with E-state index in [1.807, 2.05) is 45.0 Å². The highest BCUT2D eigenvalue weighted by Crippen LogP contribution is 2.16. The number of para-hydroxylation sites is 1. The zero-order valence-electron chi connectivity index (χ0n) is 11.1. The first-order valence-electron chi connectivity index (χ1n) is 5.51. The summed E-state index contributed by atoms with van der Waals surface area (Å²) in [5.74, 6) is 0.753. The summed E-state index contributed by atoms with van der Waals surface area (Å²) in [7, 11) is 1.60. The van der Waals surface area contributed by atoms with Crippen LogP contribution in [-0.2, 0) is 11.3 Å². The van der Waals surface area contributed by atoms with Gasteiger partial charge in [0.1, 0.15) is 11.4 Å². The molecule has 1 aromatic carbocycles. The van der Waals surface area contributed by atoms with Crippen molar-refractivity contribution in [3.05, 3.63) is 29.8 Å². The molecular weight excluding hydrogens is 254 g/mol. The second-order valence-corrected chi connectivity index (χ2v) is 4.67. The number of hydrogen-bond acceptors (Lipinski definition) is 3. The van der Waals surface area contributed by atoms with Gasteiger partial charge in [0.05, 0.1) is 7.11 Å². The fourth-order valence-corrected chi connectivity index (χ4v) is 1.33. The van der Waals surface area contributed by atoms with Crippen molar-refractivity contribution in [2.75, 3.05) is 7.11 Å². The summed E-state index contributed by atoms with van der Waals surface area (Å²) < 4.78 is 10.3. The minimum absolute atomic E-state index is 0. The summed E-state index contributed by atoms with van der Waals surface area (Å²) >= 11 is 0. The van der Waals surface area contributed by atoms with E-state index in [1.54, 1.807) is 7.11 Å².